The van der Waals surface area contributed by atoms with Gasteiger partial charge >= 0.3 is 5.97 Å². The quantitative estimate of drug-likeness (QED) is 0.638. The molecule has 0 radical (unpaired) electrons. The molecule has 0 spiro atoms. The van der Waals surface area contributed by atoms with Crippen LogP contribution in [0.5, 0.6) is 0 Å². The normalized spacial score (nSPS) is 33.9. The van der Waals surface area contributed by atoms with E-state index in [9.17, 15) is 9.59 Å². The van der Waals surface area contributed by atoms with Gasteiger partial charge < -0.3 is 15.7 Å². The number of rotatable bonds is 3. The molecule has 1 unspecified atom stereocenters. The number of carbonyl (C=O) groups is 2. The van der Waals surface area contributed by atoms with Crippen LogP contribution in [0, 0.1) is 5.92 Å². The Bertz CT molecular complexity index is 287. The van der Waals surface area contributed by atoms with Crippen molar-refractivity contribution in [1.29, 1.82) is 0 Å². The van der Waals surface area contributed by atoms with Crippen molar-refractivity contribution in [3.63, 3.8) is 0 Å². The van der Waals surface area contributed by atoms with Crippen LogP contribution in [0.2, 0.25) is 0 Å². The lowest BCUT2D eigenvalue weighted by molar-refractivity contribution is -0.141. The molecule has 5 heteroatoms. The fourth-order valence-electron chi connectivity index (χ4n) is 2.55. The first kappa shape index (κ1) is 11.4. The Labute approximate surface area is 94.6 Å². The van der Waals surface area contributed by atoms with Gasteiger partial charge in [-0.2, -0.15) is 0 Å². The van der Waals surface area contributed by atoms with E-state index in [0.717, 1.165) is 25.8 Å². The fourth-order valence-corrected chi connectivity index (χ4v) is 2.55. The number of amides is 1. The summed E-state index contributed by atoms with van der Waals surface area (Å²) >= 11 is 0. The Hall–Kier alpha value is -1.10. The molecule has 0 aromatic heterocycles. The molecule has 3 atom stereocenters. The lowest BCUT2D eigenvalue weighted by Gasteiger charge is -2.16. The van der Waals surface area contributed by atoms with Gasteiger partial charge in [-0.3, -0.25) is 9.59 Å². The topological polar surface area (TPSA) is 78.4 Å². The minimum atomic E-state index is -0.740. The van der Waals surface area contributed by atoms with Crippen molar-refractivity contribution in [2.24, 2.45) is 5.92 Å². The van der Waals surface area contributed by atoms with Gasteiger partial charge in [0.05, 0.1) is 12.0 Å². The van der Waals surface area contributed by atoms with Gasteiger partial charge in [-0.05, 0) is 38.6 Å². The van der Waals surface area contributed by atoms with Crippen LogP contribution in [-0.4, -0.2) is 35.6 Å². The second-order valence-corrected chi connectivity index (χ2v) is 4.70. The third-order valence-electron chi connectivity index (χ3n) is 3.51. The summed E-state index contributed by atoms with van der Waals surface area (Å²) in [4.78, 5) is 22.5. The van der Waals surface area contributed by atoms with E-state index in [-0.39, 0.29) is 23.9 Å². The number of aliphatic carboxylic acids is 1. The van der Waals surface area contributed by atoms with Gasteiger partial charge in [0, 0.05) is 6.04 Å². The van der Waals surface area contributed by atoms with Crippen LogP contribution in [0.4, 0.5) is 0 Å². The molecular formula is C11H18N2O3. The molecule has 0 bridgehead atoms. The molecule has 5 nitrogen and oxygen atoms in total. The third kappa shape index (κ3) is 2.52. The first-order valence-electron chi connectivity index (χ1n) is 5.93. The molecule has 3 N–H and O–H groups in total. The van der Waals surface area contributed by atoms with Gasteiger partial charge in [0.2, 0.25) is 5.91 Å². The van der Waals surface area contributed by atoms with Crippen LogP contribution >= 0.6 is 0 Å². The van der Waals surface area contributed by atoms with E-state index in [1.54, 1.807) is 0 Å². The van der Waals surface area contributed by atoms with E-state index in [0.29, 0.717) is 12.8 Å². The summed E-state index contributed by atoms with van der Waals surface area (Å²) in [6.45, 7) is 0.903. The smallest absolute Gasteiger partial charge is 0.306 e. The molecule has 1 aliphatic heterocycles. The maximum absolute atomic E-state index is 11.8. The summed E-state index contributed by atoms with van der Waals surface area (Å²) in [6, 6.07) is -0.0140. The van der Waals surface area contributed by atoms with Gasteiger partial charge in [0.25, 0.3) is 0 Å². The molecule has 2 aliphatic rings. The van der Waals surface area contributed by atoms with Crippen molar-refractivity contribution in [2.45, 2.75) is 44.2 Å². The lowest BCUT2D eigenvalue weighted by atomic mass is 10.1. The van der Waals surface area contributed by atoms with E-state index in [1.165, 1.54) is 0 Å². The molecule has 1 amide bonds. The second kappa shape index (κ2) is 4.82. The van der Waals surface area contributed by atoms with Crippen molar-refractivity contribution < 1.29 is 14.7 Å². The molecule has 2 fully saturated rings. The molecule has 2 rings (SSSR count). The maximum atomic E-state index is 11.8. The summed E-state index contributed by atoms with van der Waals surface area (Å²) in [6.07, 6.45) is 3.98. The molecule has 1 aliphatic carbocycles. The highest BCUT2D eigenvalue weighted by Gasteiger charge is 2.32. The fraction of sp³-hybridized carbons (Fsp3) is 0.818. The minimum absolute atomic E-state index is 0.0357. The highest BCUT2D eigenvalue weighted by molar-refractivity contribution is 5.82. The predicted octanol–water partition coefficient (Wildman–Crippen LogP) is 0.108. The molecule has 1 heterocycles. The number of carboxylic acids is 1. The van der Waals surface area contributed by atoms with Crippen molar-refractivity contribution in [3.8, 4) is 0 Å². The zero-order valence-electron chi connectivity index (χ0n) is 9.24. The largest absolute Gasteiger partial charge is 0.481 e. The Morgan fingerprint density at radius 1 is 1.25 bits per heavy atom. The number of nitrogens with one attached hydrogen (secondary N) is 2. The monoisotopic (exact) mass is 226 g/mol. The summed E-state index contributed by atoms with van der Waals surface area (Å²) < 4.78 is 0. The Balaban J connectivity index is 1.78. The van der Waals surface area contributed by atoms with Crippen molar-refractivity contribution in [1.82, 2.24) is 10.6 Å². The molecule has 16 heavy (non-hydrogen) atoms. The molecular weight excluding hydrogens is 208 g/mol. The van der Waals surface area contributed by atoms with Gasteiger partial charge in [0.15, 0.2) is 0 Å². The van der Waals surface area contributed by atoms with E-state index >= 15 is 0 Å². The van der Waals surface area contributed by atoms with Gasteiger partial charge in [-0.25, -0.2) is 0 Å². The Morgan fingerprint density at radius 3 is 2.62 bits per heavy atom. The molecule has 1 saturated carbocycles. The second-order valence-electron chi connectivity index (χ2n) is 4.70. The lowest BCUT2D eigenvalue weighted by Crippen LogP contribution is -2.44. The first-order chi connectivity index (χ1) is 7.66. The van der Waals surface area contributed by atoms with Crippen LogP contribution < -0.4 is 10.6 Å². The highest BCUT2D eigenvalue weighted by atomic mass is 16.4. The number of hydrogen-bond acceptors (Lipinski definition) is 3. The van der Waals surface area contributed by atoms with E-state index in [4.69, 9.17) is 5.11 Å². The summed E-state index contributed by atoms with van der Waals surface area (Å²) in [5.41, 5.74) is 0. The summed E-state index contributed by atoms with van der Waals surface area (Å²) in [5, 5.41) is 14.9. The average Bonchev–Trinajstić information content (AvgIpc) is 2.87. The van der Waals surface area contributed by atoms with E-state index < -0.39 is 5.97 Å². The average molecular weight is 226 g/mol. The van der Waals surface area contributed by atoms with Gasteiger partial charge in [-0.15, -0.1) is 0 Å². The number of hydrogen-bond donors (Lipinski definition) is 3. The van der Waals surface area contributed by atoms with E-state index in [1.807, 2.05) is 0 Å². The number of carboxylic acid groups (broad SMARTS) is 1. The Kier molecular flexibility index (Phi) is 3.43. The van der Waals surface area contributed by atoms with Gasteiger partial charge in [-0.1, -0.05) is 0 Å². The maximum Gasteiger partial charge on any atom is 0.306 e. The third-order valence-corrected chi connectivity index (χ3v) is 3.51. The summed E-state index contributed by atoms with van der Waals surface area (Å²) in [5.74, 6) is -0.980. The van der Waals surface area contributed by atoms with Crippen LogP contribution in [0.3, 0.4) is 0 Å². The highest BCUT2D eigenvalue weighted by Crippen LogP contribution is 2.25. The van der Waals surface area contributed by atoms with Gasteiger partial charge in [0.1, 0.15) is 0 Å². The standard InChI is InChI=1S/C11H18N2O3/c14-10(9-2-1-5-12-9)13-8-4-3-7(6-8)11(15)16/h7-9,12H,1-6H2,(H,13,14)(H,15,16)/t7-,8+,9?/m1/s1. The zero-order valence-corrected chi connectivity index (χ0v) is 9.24. The molecule has 0 aromatic carbocycles. The predicted molar refractivity (Wildman–Crippen MR) is 57.9 cm³/mol. The minimum Gasteiger partial charge on any atom is -0.481 e. The van der Waals surface area contributed by atoms with Crippen LogP contribution in [0.15, 0.2) is 0 Å². The Morgan fingerprint density at radius 2 is 2.06 bits per heavy atom. The van der Waals surface area contributed by atoms with Crippen molar-refractivity contribution in [2.75, 3.05) is 6.54 Å². The van der Waals surface area contributed by atoms with Crippen molar-refractivity contribution in [3.05, 3.63) is 0 Å². The zero-order chi connectivity index (χ0) is 11.5. The van der Waals surface area contributed by atoms with Crippen LogP contribution in [-0.2, 0) is 9.59 Å². The molecule has 90 valence electrons. The van der Waals surface area contributed by atoms with Crippen molar-refractivity contribution >= 4 is 11.9 Å². The van der Waals surface area contributed by atoms with Crippen LogP contribution in [0.25, 0.3) is 0 Å². The summed E-state index contributed by atoms with van der Waals surface area (Å²) in [7, 11) is 0. The molecule has 1 saturated heterocycles. The first-order valence-corrected chi connectivity index (χ1v) is 5.93. The SMILES string of the molecule is O=C(N[C@H]1CC[C@@H](C(=O)O)C1)C1CCCN1. The number of carbonyl (C=O) groups excluding carboxylic acids is 1. The molecule has 0 aromatic rings. The van der Waals surface area contributed by atoms with Crippen LogP contribution in [0.1, 0.15) is 32.1 Å². The van der Waals surface area contributed by atoms with E-state index in [2.05, 4.69) is 10.6 Å².